The van der Waals surface area contributed by atoms with Crippen LogP contribution in [0.1, 0.15) is 52.4 Å². The first kappa shape index (κ1) is 11.1. The van der Waals surface area contributed by atoms with Crippen molar-refractivity contribution in [3.8, 4) is 0 Å². The predicted octanol–water partition coefficient (Wildman–Crippen LogP) is 2.62. The van der Waals surface area contributed by atoms with Gasteiger partial charge in [-0.25, -0.2) is 0 Å². The molecule has 1 saturated heterocycles. The van der Waals surface area contributed by atoms with E-state index in [4.69, 9.17) is 0 Å². The Morgan fingerprint density at radius 1 is 1.07 bits per heavy atom. The van der Waals surface area contributed by atoms with Crippen LogP contribution in [0.4, 0.5) is 0 Å². The maximum atomic E-state index is 10.9. The van der Waals surface area contributed by atoms with E-state index < -0.39 is 0 Å². The largest absolute Gasteiger partial charge is 0.303 e. The molecule has 2 nitrogen and oxygen atoms in total. The molecule has 0 N–H and O–H groups in total. The highest BCUT2D eigenvalue weighted by Crippen LogP contribution is 2.34. The van der Waals surface area contributed by atoms with Crippen molar-refractivity contribution in [2.45, 2.75) is 70.5 Å². The number of hydrogen-bond acceptors (Lipinski definition) is 2. The van der Waals surface area contributed by atoms with Gasteiger partial charge >= 0.3 is 0 Å². The summed E-state index contributed by atoms with van der Waals surface area (Å²) < 4.78 is 0. The molecule has 1 aliphatic carbocycles. The molecule has 2 heteroatoms. The van der Waals surface area contributed by atoms with Gasteiger partial charge in [0.25, 0.3) is 0 Å². The van der Waals surface area contributed by atoms with Crippen molar-refractivity contribution in [1.29, 1.82) is 0 Å². The Bertz CT molecular complexity index is 211. The van der Waals surface area contributed by atoms with E-state index in [9.17, 15) is 4.79 Å². The van der Waals surface area contributed by atoms with Crippen LogP contribution in [-0.2, 0) is 4.79 Å². The average Bonchev–Trinajstić information content (AvgIpc) is 2.69. The lowest BCUT2D eigenvalue weighted by atomic mass is 9.86. The molecular weight excluding hydrogens is 186 g/mol. The lowest BCUT2D eigenvalue weighted by Crippen LogP contribution is -2.51. The minimum Gasteiger partial charge on any atom is -0.303 e. The van der Waals surface area contributed by atoms with Crippen LogP contribution in [0.25, 0.3) is 0 Å². The second-order valence-corrected chi connectivity index (χ2v) is 5.45. The van der Waals surface area contributed by atoms with Gasteiger partial charge in [-0.05, 0) is 39.5 Å². The van der Waals surface area contributed by atoms with Gasteiger partial charge in [0, 0.05) is 24.0 Å². The molecule has 2 atom stereocenters. The van der Waals surface area contributed by atoms with Gasteiger partial charge in [-0.15, -0.1) is 0 Å². The Labute approximate surface area is 93.0 Å². The van der Waals surface area contributed by atoms with E-state index >= 15 is 0 Å². The van der Waals surface area contributed by atoms with Crippen LogP contribution < -0.4 is 0 Å². The standard InChI is InChI=1S/C13H23NO/c1-10-7-12(9-15)8-11(2)14(10)13-5-3-4-6-13/h9-13H,3-8H2,1-2H3/t10-,11-/m1/s1. The SMILES string of the molecule is C[C@@H]1CC(C=O)C[C@@H](C)N1C1CCCC1. The number of carbonyl (C=O) groups is 1. The van der Waals surface area contributed by atoms with Gasteiger partial charge in [0.2, 0.25) is 0 Å². The highest BCUT2D eigenvalue weighted by atomic mass is 16.1. The number of nitrogens with zero attached hydrogens (tertiary/aromatic N) is 1. The highest BCUT2D eigenvalue weighted by Gasteiger charge is 2.35. The van der Waals surface area contributed by atoms with E-state index in [-0.39, 0.29) is 0 Å². The molecule has 1 aliphatic heterocycles. The van der Waals surface area contributed by atoms with Crippen LogP contribution in [0.2, 0.25) is 0 Å². The number of piperidine rings is 1. The molecule has 0 aromatic rings. The van der Waals surface area contributed by atoms with Crippen molar-refractivity contribution in [1.82, 2.24) is 4.90 Å². The summed E-state index contributed by atoms with van der Waals surface area (Å²) in [5, 5.41) is 0. The topological polar surface area (TPSA) is 20.3 Å². The van der Waals surface area contributed by atoms with Crippen LogP contribution in [0.15, 0.2) is 0 Å². The summed E-state index contributed by atoms with van der Waals surface area (Å²) >= 11 is 0. The van der Waals surface area contributed by atoms with Gasteiger partial charge in [-0.1, -0.05) is 12.8 Å². The molecule has 15 heavy (non-hydrogen) atoms. The van der Waals surface area contributed by atoms with Crippen molar-refractivity contribution in [3.05, 3.63) is 0 Å². The first-order valence-corrected chi connectivity index (χ1v) is 6.45. The van der Waals surface area contributed by atoms with Crippen LogP contribution in [0, 0.1) is 5.92 Å². The molecule has 0 aromatic carbocycles. The highest BCUT2D eigenvalue weighted by molar-refractivity contribution is 5.53. The molecule has 0 unspecified atom stereocenters. The van der Waals surface area contributed by atoms with Gasteiger partial charge in [-0.2, -0.15) is 0 Å². The molecule has 0 aromatic heterocycles. The zero-order valence-corrected chi connectivity index (χ0v) is 9.98. The zero-order chi connectivity index (χ0) is 10.8. The summed E-state index contributed by atoms with van der Waals surface area (Å²) in [5.74, 6) is 0.313. The van der Waals surface area contributed by atoms with Crippen LogP contribution >= 0.6 is 0 Å². The fraction of sp³-hybridized carbons (Fsp3) is 0.923. The minimum absolute atomic E-state index is 0.313. The summed E-state index contributed by atoms with van der Waals surface area (Å²) in [4.78, 5) is 13.5. The smallest absolute Gasteiger partial charge is 0.123 e. The van der Waals surface area contributed by atoms with Gasteiger partial charge in [0.1, 0.15) is 6.29 Å². The van der Waals surface area contributed by atoms with Crippen molar-refractivity contribution in [2.24, 2.45) is 5.92 Å². The van der Waals surface area contributed by atoms with Crippen LogP contribution in [0.5, 0.6) is 0 Å². The monoisotopic (exact) mass is 209 g/mol. The summed E-state index contributed by atoms with van der Waals surface area (Å²) in [5.41, 5.74) is 0. The van der Waals surface area contributed by atoms with Gasteiger partial charge in [0.15, 0.2) is 0 Å². The van der Waals surface area contributed by atoms with Gasteiger partial charge in [0.05, 0.1) is 0 Å². The molecule has 0 amide bonds. The molecule has 0 radical (unpaired) electrons. The number of hydrogen-bond donors (Lipinski definition) is 0. The fourth-order valence-corrected chi connectivity index (χ4v) is 3.68. The summed E-state index contributed by atoms with van der Waals surface area (Å²) in [6.07, 6.45) is 8.87. The van der Waals surface area contributed by atoms with E-state index in [1.807, 2.05) is 0 Å². The van der Waals surface area contributed by atoms with Crippen molar-refractivity contribution in [3.63, 3.8) is 0 Å². The first-order chi connectivity index (χ1) is 7.22. The number of likely N-dealkylation sites (tertiary alicyclic amines) is 1. The second-order valence-electron chi connectivity index (χ2n) is 5.45. The van der Waals surface area contributed by atoms with Crippen LogP contribution in [0.3, 0.4) is 0 Å². The second kappa shape index (κ2) is 4.65. The number of carbonyl (C=O) groups excluding carboxylic acids is 1. The normalized spacial score (nSPS) is 39.5. The van der Waals surface area contributed by atoms with Crippen molar-refractivity contribution < 1.29 is 4.79 Å². The average molecular weight is 209 g/mol. The van der Waals surface area contributed by atoms with Crippen LogP contribution in [-0.4, -0.2) is 29.3 Å². The van der Waals surface area contributed by atoms with Crippen molar-refractivity contribution >= 4 is 6.29 Å². The molecule has 1 saturated carbocycles. The maximum Gasteiger partial charge on any atom is 0.123 e. The lowest BCUT2D eigenvalue weighted by Gasteiger charge is -2.45. The number of rotatable bonds is 2. The third kappa shape index (κ3) is 2.25. The molecule has 0 bridgehead atoms. The quantitative estimate of drug-likeness (QED) is 0.652. The Balaban J connectivity index is 2.01. The molecule has 2 aliphatic rings. The summed E-state index contributed by atoms with van der Waals surface area (Å²) in [7, 11) is 0. The molecule has 2 fully saturated rings. The van der Waals surface area contributed by atoms with Gasteiger partial charge in [-0.3, -0.25) is 4.90 Å². The zero-order valence-electron chi connectivity index (χ0n) is 9.98. The molecular formula is C13H23NO. The first-order valence-electron chi connectivity index (χ1n) is 6.45. The van der Waals surface area contributed by atoms with E-state index in [1.165, 1.54) is 32.0 Å². The third-order valence-electron chi connectivity index (χ3n) is 4.24. The lowest BCUT2D eigenvalue weighted by molar-refractivity contribution is -0.114. The Hall–Kier alpha value is -0.370. The Morgan fingerprint density at radius 2 is 1.60 bits per heavy atom. The van der Waals surface area contributed by atoms with E-state index in [0.29, 0.717) is 18.0 Å². The molecule has 86 valence electrons. The predicted molar refractivity (Wildman–Crippen MR) is 61.8 cm³/mol. The van der Waals surface area contributed by atoms with E-state index in [0.717, 1.165) is 18.9 Å². The minimum atomic E-state index is 0.313. The third-order valence-corrected chi connectivity index (χ3v) is 4.24. The summed E-state index contributed by atoms with van der Waals surface area (Å²) in [6.45, 7) is 4.59. The Morgan fingerprint density at radius 3 is 2.07 bits per heavy atom. The molecule has 2 rings (SSSR count). The Kier molecular flexibility index (Phi) is 3.45. The van der Waals surface area contributed by atoms with E-state index in [1.54, 1.807) is 0 Å². The van der Waals surface area contributed by atoms with Gasteiger partial charge < -0.3 is 4.79 Å². The molecule has 0 spiro atoms. The molecule has 1 heterocycles. The summed E-state index contributed by atoms with van der Waals surface area (Å²) in [6, 6.07) is 2.02. The number of aldehydes is 1. The maximum absolute atomic E-state index is 10.9. The van der Waals surface area contributed by atoms with E-state index in [2.05, 4.69) is 18.7 Å². The van der Waals surface area contributed by atoms with Crippen molar-refractivity contribution in [2.75, 3.05) is 0 Å². The fourth-order valence-electron chi connectivity index (χ4n) is 3.68.